The third-order valence-corrected chi connectivity index (χ3v) is 4.07. The van der Waals surface area contributed by atoms with Crippen molar-refractivity contribution in [2.45, 2.75) is 32.5 Å². The number of hydrogen-bond donors (Lipinski definition) is 0. The molecule has 0 atom stereocenters. The normalized spacial score (nSPS) is 17.8. The SMILES string of the molecule is C[Si](C)(C)C(=O)C1=CC=C(Cl)CC1. The van der Waals surface area contributed by atoms with Crippen LogP contribution in [0.2, 0.25) is 19.6 Å². The second kappa shape index (κ2) is 3.80. The molecule has 0 amide bonds. The molecule has 0 bridgehead atoms. The van der Waals surface area contributed by atoms with Crippen LogP contribution in [0.3, 0.4) is 0 Å². The highest BCUT2D eigenvalue weighted by molar-refractivity contribution is 7.05. The maximum atomic E-state index is 11.8. The number of halogens is 1. The van der Waals surface area contributed by atoms with Crippen molar-refractivity contribution in [3.8, 4) is 0 Å². The van der Waals surface area contributed by atoms with E-state index in [0.29, 0.717) is 5.41 Å². The summed E-state index contributed by atoms with van der Waals surface area (Å²) in [6.45, 7) is 6.24. The van der Waals surface area contributed by atoms with Gasteiger partial charge in [0.1, 0.15) is 13.5 Å². The molecule has 0 unspecified atom stereocenters. The van der Waals surface area contributed by atoms with Gasteiger partial charge in [-0.3, -0.25) is 0 Å². The molecular weight excluding hydrogens is 200 g/mol. The Morgan fingerprint density at radius 2 is 1.92 bits per heavy atom. The zero-order valence-corrected chi connectivity index (χ0v) is 10.1. The Kier molecular flexibility index (Phi) is 3.14. The Morgan fingerprint density at radius 1 is 1.31 bits per heavy atom. The van der Waals surface area contributed by atoms with Crippen molar-refractivity contribution in [2.24, 2.45) is 0 Å². The summed E-state index contributed by atoms with van der Waals surface area (Å²) in [5, 5.41) is 1.22. The van der Waals surface area contributed by atoms with Crippen LogP contribution in [0.25, 0.3) is 0 Å². The van der Waals surface area contributed by atoms with Gasteiger partial charge in [0, 0.05) is 5.03 Å². The number of hydrogen-bond acceptors (Lipinski definition) is 1. The quantitative estimate of drug-likeness (QED) is 0.645. The average Bonchev–Trinajstić information content (AvgIpc) is 2.03. The molecule has 0 spiro atoms. The van der Waals surface area contributed by atoms with Gasteiger partial charge in [0.05, 0.1) is 0 Å². The van der Waals surface area contributed by atoms with Gasteiger partial charge in [-0.05, 0) is 24.5 Å². The van der Waals surface area contributed by atoms with E-state index in [0.717, 1.165) is 23.4 Å². The van der Waals surface area contributed by atoms with Gasteiger partial charge in [0.2, 0.25) is 0 Å². The molecule has 0 aliphatic heterocycles. The van der Waals surface area contributed by atoms with Crippen LogP contribution in [0.15, 0.2) is 22.8 Å². The third kappa shape index (κ3) is 2.81. The highest BCUT2D eigenvalue weighted by atomic mass is 35.5. The Labute approximate surface area is 85.5 Å². The highest BCUT2D eigenvalue weighted by Crippen LogP contribution is 2.24. The molecule has 0 aromatic heterocycles. The minimum Gasteiger partial charge on any atom is -0.300 e. The maximum absolute atomic E-state index is 11.8. The molecule has 0 N–H and O–H groups in total. The van der Waals surface area contributed by atoms with E-state index in [2.05, 4.69) is 19.6 Å². The zero-order chi connectivity index (χ0) is 10.1. The predicted octanol–water partition coefficient (Wildman–Crippen LogP) is 3.28. The monoisotopic (exact) mass is 214 g/mol. The molecule has 13 heavy (non-hydrogen) atoms. The first-order chi connectivity index (χ1) is 5.91. The number of carbonyl (C=O) groups excluding carboxylic acids is 1. The summed E-state index contributed by atoms with van der Waals surface area (Å²) >= 11 is 5.82. The summed E-state index contributed by atoms with van der Waals surface area (Å²) in [7, 11) is -1.65. The Morgan fingerprint density at radius 3 is 2.31 bits per heavy atom. The summed E-state index contributed by atoms with van der Waals surface area (Å²) in [5.41, 5.74) is 0.962. The van der Waals surface area contributed by atoms with Crippen molar-refractivity contribution in [3.63, 3.8) is 0 Å². The summed E-state index contributed by atoms with van der Waals surface area (Å²) in [4.78, 5) is 11.8. The van der Waals surface area contributed by atoms with E-state index in [1.807, 2.05) is 12.2 Å². The van der Waals surface area contributed by atoms with Crippen molar-refractivity contribution < 1.29 is 4.79 Å². The summed E-state index contributed by atoms with van der Waals surface area (Å²) in [5.74, 6) is 0. The molecule has 1 nitrogen and oxygen atoms in total. The summed E-state index contributed by atoms with van der Waals surface area (Å²) < 4.78 is 0. The molecule has 0 saturated carbocycles. The minimum atomic E-state index is -1.65. The van der Waals surface area contributed by atoms with Crippen molar-refractivity contribution in [1.29, 1.82) is 0 Å². The largest absolute Gasteiger partial charge is 0.300 e. The van der Waals surface area contributed by atoms with E-state index in [1.54, 1.807) is 0 Å². The van der Waals surface area contributed by atoms with E-state index >= 15 is 0 Å². The fourth-order valence-corrected chi connectivity index (χ4v) is 2.61. The maximum Gasteiger partial charge on any atom is 0.135 e. The fourth-order valence-electron chi connectivity index (χ4n) is 1.28. The lowest BCUT2D eigenvalue weighted by molar-refractivity contribution is -0.109. The first-order valence-corrected chi connectivity index (χ1v) is 8.39. The van der Waals surface area contributed by atoms with Gasteiger partial charge in [0.15, 0.2) is 0 Å². The van der Waals surface area contributed by atoms with E-state index in [4.69, 9.17) is 11.6 Å². The van der Waals surface area contributed by atoms with Gasteiger partial charge in [-0.2, -0.15) is 0 Å². The average molecular weight is 215 g/mol. The lowest BCUT2D eigenvalue weighted by Crippen LogP contribution is -2.34. The molecule has 3 heteroatoms. The van der Waals surface area contributed by atoms with E-state index in [1.165, 1.54) is 0 Å². The molecule has 0 aromatic carbocycles. The lowest BCUT2D eigenvalue weighted by Gasteiger charge is -2.18. The molecule has 1 aliphatic rings. The second-order valence-electron chi connectivity index (χ2n) is 4.38. The zero-order valence-electron chi connectivity index (χ0n) is 8.36. The van der Waals surface area contributed by atoms with Crippen LogP contribution in [0.5, 0.6) is 0 Å². The molecule has 0 saturated heterocycles. The smallest absolute Gasteiger partial charge is 0.135 e. The van der Waals surface area contributed by atoms with E-state index < -0.39 is 8.07 Å². The highest BCUT2D eigenvalue weighted by Gasteiger charge is 2.27. The van der Waals surface area contributed by atoms with Crippen LogP contribution in [0.4, 0.5) is 0 Å². The molecule has 0 heterocycles. The van der Waals surface area contributed by atoms with Gasteiger partial charge in [-0.1, -0.05) is 37.3 Å². The first kappa shape index (κ1) is 10.7. The van der Waals surface area contributed by atoms with Crippen LogP contribution >= 0.6 is 11.6 Å². The topological polar surface area (TPSA) is 17.1 Å². The molecule has 1 rings (SSSR count). The Hall–Kier alpha value is -0.343. The van der Waals surface area contributed by atoms with E-state index in [-0.39, 0.29) is 0 Å². The van der Waals surface area contributed by atoms with E-state index in [9.17, 15) is 4.79 Å². The first-order valence-electron chi connectivity index (χ1n) is 4.51. The molecular formula is C10H15ClOSi. The standard InChI is InChI=1S/C10H15ClOSi/c1-13(2,3)10(12)8-4-6-9(11)7-5-8/h4,6H,5,7H2,1-3H3. The summed E-state index contributed by atoms with van der Waals surface area (Å²) in [6, 6.07) is 0. The Bertz CT molecular complexity index is 284. The molecule has 72 valence electrons. The molecule has 0 radical (unpaired) electrons. The fraction of sp³-hybridized carbons (Fsp3) is 0.500. The van der Waals surface area contributed by atoms with Crippen molar-refractivity contribution >= 4 is 25.1 Å². The minimum absolute atomic E-state index is 0.368. The number of rotatable bonds is 2. The molecule has 0 aromatic rings. The number of carbonyl (C=O) groups is 1. The third-order valence-electron chi connectivity index (χ3n) is 2.07. The van der Waals surface area contributed by atoms with Gasteiger partial charge in [0.25, 0.3) is 0 Å². The van der Waals surface area contributed by atoms with Crippen LogP contribution in [0.1, 0.15) is 12.8 Å². The second-order valence-corrected chi connectivity index (χ2v) is 9.82. The van der Waals surface area contributed by atoms with Gasteiger partial charge in [-0.25, -0.2) is 0 Å². The van der Waals surface area contributed by atoms with Crippen molar-refractivity contribution in [2.75, 3.05) is 0 Å². The van der Waals surface area contributed by atoms with Crippen LogP contribution in [-0.2, 0) is 4.79 Å². The van der Waals surface area contributed by atoms with Crippen LogP contribution in [-0.4, -0.2) is 13.5 Å². The van der Waals surface area contributed by atoms with Gasteiger partial charge in [-0.15, -0.1) is 0 Å². The summed E-state index contributed by atoms with van der Waals surface area (Å²) in [6.07, 6.45) is 5.37. The lowest BCUT2D eigenvalue weighted by atomic mass is 10.1. The van der Waals surface area contributed by atoms with Crippen LogP contribution in [0, 0.1) is 0 Å². The number of allylic oxidation sites excluding steroid dienone is 4. The van der Waals surface area contributed by atoms with Crippen molar-refractivity contribution in [1.82, 2.24) is 0 Å². The van der Waals surface area contributed by atoms with Gasteiger partial charge >= 0.3 is 0 Å². The molecule has 1 aliphatic carbocycles. The van der Waals surface area contributed by atoms with Crippen molar-refractivity contribution in [3.05, 3.63) is 22.8 Å². The molecule has 0 fully saturated rings. The predicted molar refractivity (Wildman–Crippen MR) is 59.6 cm³/mol. The Balaban J connectivity index is 2.81. The van der Waals surface area contributed by atoms with Crippen LogP contribution < -0.4 is 0 Å². The van der Waals surface area contributed by atoms with Gasteiger partial charge < -0.3 is 4.79 Å².